The molecule has 0 unspecified atom stereocenters. The first-order valence-electron chi connectivity index (χ1n) is 10.1. The first-order valence-corrected chi connectivity index (χ1v) is 10.1. The quantitative estimate of drug-likeness (QED) is 0.659. The molecule has 2 N–H and O–H groups in total. The summed E-state index contributed by atoms with van der Waals surface area (Å²) >= 11 is 0. The molecule has 2 atom stereocenters. The van der Waals surface area contributed by atoms with E-state index in [1.165, 1.54) is 0 Å². The highest BCUT2D eigenvalue weighted by Gasteiger charge is 2.25. The van der Waals surface area contributed by atoms with Gasteiger partial charge in [-0.3, -0.25) is 4.79 Å². The zero-order valence-corrected chi connectivity index (χ0v) is 17.0. The molecule has 1 aromatic heterocycles. The van der Waals surface area contributed by atoms with Crippen molar-refractivity contribution in [3.8, 4) is 5.75 Å². The van der Waals surface area contributed by atoms with Gasteiger partial charge in [0.2, 0.25) is 0 Å². The number of aryl methyl sites for hydroxylation is 2. The van der Waals surface area contributed by atoms with Crippen LogP contribution in [-0.2, 0) is 22.4 Å². The minimum atomic E-state index is -1.06. The third-order valence-electron chi connectivity index (χ3n) is 5.47. The number of fused-ring (bicyclic) bond motifs is 3. The van der Waals surface area contributed by atoms with Gasteiger partial charge in [0.15, 0.2) is 6.10 Å². The number of unbranched alkanes of at least 4 members (excludes halogenated alkanes) is 1. The molecular formula is C22H27NO6. The minimum Gasteiger partial charge on any atom is -0.480 e. The van der Waals surface area contributed by atoms with Gasteiger partial charge in [-0.15, -0.1) is 0 Å². The highest BCUT2D eigenvalue weighted by Crippen LogP contribution is 2.33. The van der Waals surface area contributed by atoms with Crippen LogP contribution in [0.15, 0.2) is 21.3 Å². The first-order chi connectivity index (χ1) is 13.8. The number of carboxylic acids is 1. The molecule has 0 saturated carbocycles. The van der Waals surface area contributed by atoms with Crippen LogP contribution in [0.25, 0.3) is 11.0 Å². The zero-order chi connectivity index (χ0) is 21.1. The standard InChI is InChI=1S/C22H27NO6/c1-4-5-9-17(21(25)26)23-20(24)13(3)28-18-11-10-15-14-7-6-8-16(14)22(27)29-19(15)12(18)2/h10-11,13,17H,4-9H2,1-3H3,(H,23,24)(H,25,26)/t13-,17-/m0/s1. The second-order valence-electron chi connectivity index (χ2n) is 7.57. The van der Waals surface area contributed by atoms with Crippen molar-refractivity contribution in [2.45, 2.75) is 71.4 Å². The molecule has 156 valence electrons. The lowest BCUT2D eigenvalue weighted by Gasteiger charge is -2.20. The van der Waals surface area contributed by atoms with Gasteiger partial charge in [0.1, 0.15) is 17.4 Å². The van der Waals surface area contributed by atoms with Crippen LogP contribution in [0.1, 0.15) is 56.2 Å². The van der Waals surface area contributed by atoms with Gasteiger partial charge in [-0.25, -0.2) is 9.59 Å². The number of rotatable bonds is 8. The molecule has 1 aliphatic rings. The summed E-state index contributed by atoms with van der Waals surface area (Å²) in [7, 11) is 0. The number of carboxylic acid groups (broad SMARTS) is 1. The maximum Gasteiger partial charge on any atom is 0.339 e. The summed E-state index contributed by atoms with van der Waals surface area (Å²) < 4.78 is 11.3. The largest absolute Gasteiger partial charge is 0.480 e. The number of nitrogens with one attached hydrogen (secondary N) is 1. The summed E-state index contributed by atoms with van der Waals surface area (Å²) in [5.74, 6) is -1.12. The van der Waals surface area contributed by atoms with Gasteiger partial charge in [0, 0.05) is 16.5 Å². The van der Waals surface area contributed by atoms with Gasteiger partial charge in [-0.2, -0.15) is 0 Å². The Labute approximate surface area is 169 Å². The van der Waals surface area contributed by atoms with Crippen molar-refractivity contribution in [3.05, 3.63) is 39.2 Å². The molecule has 0 fully saturated rings. The van der Waals surface area contributed by atoms with Gasteiger partial charge in [-0.1, -0.05) is 19.8 Å². The predicted octanol–water partition coefficient (Wildman–Crippen LogP) is 3.12. The summed E-state index contributed by atoms with van der Waals surface area (Å²) in [6.45, 7) is 5.31. The van der Waals surface area contributed by atoms with E-state index in [0.29, 0.717) is 29.7 Å². The smallest absolute Gasteiger partial charge is 0.339 e. The van der Waals surface area contributed by atoms with Crippen molar-refractivity contribution in [2.75, 3.05) is 0 Å². The third-order valence-corrected chi connectivity index (χ3v) is 5.47. The van der Waals surface area contributed by atoms with E-state index in [-0.39, 0.29) is 5.63 Å². The van der Waals surface area contributed by atoms with Crippen molar-refractivity contribution >= 4 is 22.8 Å². The van der Waals surface area contributed by atoms with Crippen LogP contribution in [-0.4, -0.2) is 29.1 Å². The second-order valence-corrected chi connectivity index (χ2v) is 7.57. The lowest BCUT2D eigenvalue weighted by atomic mass is 10.0. The fraction of sp³-hybridized carbons (Fsp3) is 0.500. The number of carbonyl (C=O) groups excluding carboxylic acids is 1. The maximum atomic E-state index is 12.4. The Bertz CT molecular complexity index is 993. The van der Waals surface area contributed by atoms with Gasteiger partial charge in [0.05, 0.1) is 0 Å². The van der Waals surface area contributed by atoms with Crippen molar-refractivity contribution in [2.24, 2.45) is 0 Å². The van der Waals surface area contributed by atoms with E-state index >= 15 is 0 Å². The maximum absolute atomic E-state index is 12.4. The number of aliphatic carboxylic acids is 1. The summed E-state index contributed by atoms with van der Waals surface area (Å²) in [6, 6.07) is 2.69. The molecule has 29 heavy (non-hydrogen) atoms. The average molecular weight is 401 g/mol. The van der Waals surface area contributed by atoms with Crippen LogP contribution in [0.4, 0.5) is 0 Å². The van der Waals surface area contributed by atoms with Crippen molar-refractivity contribution in [1.29, 1.82) is 0 Å². The third kappa shape index (κ3) is 4.28. The molecule has 7 heteroatoms. The fourth-order valence-electron chi connectivity index (χ4n) is 3.79. The molecule has 2 aromatic rings. The molecule has 7 nitrogen and oxygen atoms in total. The topological polar surface area (TPSA) is 106 Å². The van der Waals surface area contributed by atoms with E-state index in [1.54, 1.807) is 19.9 Å². The summed E-state index contributed by atoms with van der Waals surface area (Å²) in [6.07, 6.45) is 3.56. The number of hydrogen-bond acceptors (Lipinski definition) is 5. The van der Waals surface area contributed by atoms with E-state index in [9.17, 15) is 19.5 Å². The van der Waals surface area contributed by atoms with Crippen molar-refractivity contribution in [3.63, 3.8) is 0 Å². The van der Waals surface area contributed by atoms with Crippen LogP contribution in [0, 0.1) is 6.92 Å². The summed E-state index contributed by atoms with van der Waals surface area (Å²) in [5.41, 5.74) is 2.61. The van der Waals surface area contributed by atoms with Crippen LogP contribution in [0.2, 0.25) is 0 Å². The zero-order valence-electron chi connectivity index (χ0n) is 17.0. The van der Waals surface area contributed by atoms with Gasteiger partial charge in [0.25, 0.3) is 5.91 Å². The Morgan fingerprint density at radius 1 is 1.28 bits per heavy atom. The average Bonchev–Trinajstić information content (AvgIpc) is 3.18. The van der Waals surface area contributed by atoms with Gasteiger partial charge >= 0.3 is 11.6 Å². The number of benzene rings is 1. The molecule has 0 spiro atoms. The highest BCUT2D eigenvalue weighted by atomic mass is 16.5. The Hall–Kier alpha value is -2.83. The monoisotopic (exact) mass is 401 g/mol. The SMILES string of the molecule is CCCC[C@H](NC(=O)[C@H](C)Oc1ccc2c3c(c(=O)oc2c1C)CCC3)C(=O)O. The van der Waals surface area contributed by atoms with Crippen molar-refractivity contribution in [1.82, 2.24) is 5.32 Å². The molecule has 3 rings (SSSR count). The lowest BCUT2D eigenvalue weighted by molar-refractivity contribution is -0.143. The number of amides is 1. The first kappa shape index (κ1) is 20.9. The highest BCUT2D eigenvalue weighted by molar-refractivity contribution is 5.88. The Morgan fingerprint density at radius 2 is 2.00 bits per heavy atom. The Balaban J connectivity index is 1.80. The molecule has 1 aromatic carbocycles. The molecular weight excluding hydrogens is 374 g/mol. The van der Waals surface area contributed by atoms with E-state index in [2.05, 4.69) is 5.32 Å². The Kier molecular flexibility index (Phi) is 6.25. The van der Waals surface area contributed by atoms with Crippen LogP contribution in [0.5, 0.6) is 5.75 Å². The summed E-state index contributed by atoms with van der Waals surface area (Å²) in [5, 5.41) is 12.7. The number of hydrogen-bond donors (Lipinski definition) is 2. The summed E-state index contributed by atoms with van der Waals surface area (Å²) in [4.78, 5) is 36.0. The molecule has 0 aliphatic heterocycles. The molecule has 1 aliphatic carbocycles. The number of ether oxygens (including phenoxy) is 1. The lowest BCUT2D eigenvalue weighted by Crippen LogP contribution is -2.46. The van der Waals surface area contributed by atoms with E-state index in [1.807, 2.05) is 13.0 Å². The second kappa shape index (κ2) is 8.68. The van der Waals surface area contributed by atoms with Crippen LogP contribution >= 0.6 is 0 Å². The van der Waals surface area contributed by atoms with E-state index < -0.39 is 24.0 Å². The molecule has 0 saturated heterocycles. The normalized spacial score (nSPS) is 15.0. The molecule has 1 heterocycles. The van der Waals surface area contributed by atoms with Gasteiger partial charge < -0.3 is 19.6 Å². The predicted molar refractivity (Wildman–Crippen MR) is 108 cm³/mol. The van der Waals surface area contributed by atoms with Gasteiger partial charge in [-0.05, 0) is 57.2 Å². The van der Waals surface area contributed by atoms with Crippen molar-refractivity contribution < 1.29 is 23.8 Å². The molecule has 0 bridgehead atoms. The molecule has 1 amide bonds. The van der Waals surface area contributed by atoms with E-state index in [0.717, 1.165) is 42.2 Å². The van der Waals surface area contributed by atoms with Crippen LogP contribution < -0.4 is 15.7 Å². The molecule has 0 radical (unpaired) electrons. The fourth-order valence-corrected chi connectivity index (χ4v) is 3.79. The van der Waals surface area contributed by atoms with Crippen LogP contribution in [0.3, 0.4) is 0 Å². The minimum absolute atomic E-state index is 0.309. The Morgan fingerprint density at radius 3 is 2.69 bits per heavy atom. The number of carbonyl (C=O) groups is 2. The van der Waals surface area contributed by atoms with E-state index in [4.69, 9.17) is 9.15 Å².